The molecule has 0 saturated carbocycles. The molecule has 29 heavy (non-hydrogen) atoms. The summed E-state index contributed by atoms with van der Waals surface area (Å²) in [7, 11) is -4.28. The average molecular weight is 425 g/mol. The predicted octanol–water partition coefficient (Wildman–Crippen LogP) is 1.75. The Morgan fingerprint density at radius 2 is 2.10 bits per heavy atom. The van der Waals surface area contributed by atoms with Crippen molar-refractivity contribution < 1.29 is 31.9 Å². The minimum absolute atomic E-state index is 0.0182. The molecular weight excluding hydrogens is 405 g/mol. The average Bonchev–Trinajstić information content (AvgIpc) is 3.18. The largest absolute Gasteiger partial charge is 0.506 e. The number of hydrogen-bond donors (Lipinski definition) is 3. The first kappa shape index (κ1) is 20.6. The Kier molecular flexibility index (Phi) is 5.51. The van der Waals surface area contributed by atoms with Gasteiger partial charge in [-0.2, -0.15) is 8.42 Å². The number of furan rings is 1. The van der Waals surface area contributed by atoms with Gasteiger partial charge >= 0.3 is 10.2 Å². The van der Waals surface area contributed by atoms with Crippen molar-refractivity contribution in [1.82, 2.24) is 10.0 Å². The van der Waals surface area contributed by atoms with Gasteiger partial charge in [0.05, 0.1) is 0 Å². The number of hydrogen-bond acceptors (Lipinski definition) is 6. The molecule has 0 bridgehead atoms. The highest BCUT2D eigenvalue weighted by Crippen LogP contribution is 2.37. The molecular formula is C18H20FN3O6S. The van der Waals surface area contributed by atoms with Crippen molar-refractivity contribution in [2.75, 3.05) is 17.4 Å². The lowest BCUT2D eigenvalue weighted by Crippen LogP contribution is -2.30. The summed E-state index contributed by atoms with van der Waals surface area (Å²) in [6, 6.07) is 4.89. The maximum Gasteiger partial charge on any atom is 0.326 e. The van der Waals surface area contributed by atoms with E-state index in [2.05, 4.69) is 5.32 Å². The number of halogens is 1. The Bertz CT molecular complexity index is 1040. The van der Waals surface area contributed by atoms with E-state index >= 15 is 0 Å². The number of nitrogens with one attached hydrogen (secondary N) is 2. The SMILES string of the molecule is CC(C)CCNC(=O)c1ccc(-c2cc(O)c(N3CC(=O)NS3(=O)=O)c(F)c2)o1. The number of carbonyl (C=O) groups excluding carboxylic acids is 2. The van der Waals surface area contributed by atoms with Crippen LogP contribution in [-0.2, 0) is 15.0 Å². The zero-order valence-corrected chi connectivity index (χ0v) is 16.5. The van der Waals surface area contributed by atoms with Gasteiger partial charge < -0.3 is 14.8 Å². The van der Waals surface area contributed by atoms with Crippen LogP contribution in [0.3, 0.4) is 0 Å². The highest BCUT2D eigenvalue weighted by atomic mass is 32.2. The Hall–Kier alpha value is -3.08. The molecule has 0 atom stereocenters. The standard InChI is InChI=1S/C18H20FN3O6S/c1-10(2)5-6-20-18(25)15-4-3-14(28-15)11-7-12(19)17(13(23)8-11)22-9-16(24)21-29(22,26)27/h3-4,7-8,10,23H,5-6,9H2,1-2H3,(H,20,25)(H,21,24). The molecule has 2 aromatic rings. The van der Waals surface area contributed by atoms with E-state index < -0.39 is 45.8 Å². The first-order chi connectivity index (χ1) is 13.6. The van der Waals surface area contributed by atoms with E-state index in [9.17, 15) is 27.5 Å². The van der Waals surface area contributed by atoms with E-state index in [1.165, 1.54) is 12.1 Å². The van der Waals surface area contributed by atoms with Crippen LogP contribution in [0.4, 0.5) is 10.1 Å². The molecule has 2 amide bonds. The zero-order valence-electron chi connectivity index (χ0n) is 15.7. The first-order valence-corrected chi connectivity index (χ1v) is 10.3. The number of anilines is 1. The van der Waals surface area contributed by atoms with Gasteiger partial charge in [-0.05, 0) is 36.6 Å². The van der Waals surface area contributed by atoms with E-state index in [0.29, 0.717) is 16.8 Å². The van der Waals surface area contributed by atoms with Crippen LogP contribution >= 0.6 is 0 Å². The maximum atomic E-state index is 14.6. The van der Waals surface area contributed by atoms with E-state index in [4.69, 9.17) is 4.42 Å². The molecule has 1 aliphatic heterocycles. The number of phenolic OH excluding ortho intramolecular Hbond substituents is 1. The second kappa shape index (κ2) is 7.74. The van der Waals surface area contributed by atoms with Crippen LogP contribution in [0.1, 0.15) is 30.8 Å². The number of phenols is 1. The molecule has 3 N–H and O–H groups in total. The Morgan fingerprint density at radius 1 is 1.38 bits per heavy atom. The molecule has 1 aromatic carbocycles. The lowest BCUT2D eigenvalue weighted by Gasteiger charge is -2.17. The minimum Gasteiger partial charge on any atom is -0.506 e. The van der Waals surface area contributed by atoms with E-state index in [1.807, 2.05) is 13.8 Å². The highest BCUT2D eigenvalue weighted by Gasteiger charge is 2.37. The molecule has 0 unspecified atom stereocenters. The quantitative estimate of drug-likeness (QED) is 0.647. The van der Waals surface area contributed by atoms with Crippen molar-refractivity contribution >= 4 is 27.7 Å². The van der Waals surface area contributed by atoms with Crippen molar-refractivity contribution in [3.63, 3.8) is 0 Å². The van der Waals surface area contributed by atoms with E-state index in [0.717, 1.165) is 18.6 Å². The predicted molar refractivity (Wildman–Crippen MR) is 102 cm³/mol. The smallest absolute Gasteiger partial charge is 0.326 e. The van der Waals surface area contributed by atoms with Crippen LogP contribution in [0.15, 0.2) is 28.7 Å². The van der Waals surface area contributed by atoms with Gasteiger partial charge in [-0.3, -0.25) is 9.59 Å². The highest BCUT2D eigenvalue weighted by molar-refractivity contribution is 7.92. The lowest BCUT2D eigenvalue weighted by atomic mass is 10.1. The molecule has 1 aliphatic rings. The van der Waals surface area contributed by atoms with Crippen molar-refractivity contribution in [1.29, 1.82) is 0 Å². The van der Waals surface area contributed by atoms with E-state index in [-0.39, 0.29) is 17.1 Å². The molecule has 11 heteroatoms. The third-order valence-corrected chi connectivity index (χ3v) is 5.61. The van der Waals surface area contributed by atoms with Gasteiger partial charge in [-0.25, -0.2) is 13.4 Å². The fraction of sp³-hybridized carbons (Fsp3) is 0.333. The third kappa shape index (κ3) is 4.34. The summed E-state index contributed by atoms with van der Waals surface area (Å²) in [6.07, 6.45) is 0.802. The molecule has 1 saturated heterocycles. The molecule has 3 rings (SSSR count). The fourth-order valence-corrected chi connectivity index (χ4v) is 3.97. The van der Waals surface area contributed by atoms with Gasteiger partial charge in [-0.1, -0.05) is 13.8 Å². The summed E-state index contributed by atoms with van der Waals surface area (Å²) in [5.74, 6) is -2.48. The third-order valence-electron chi connectivity index (χ3n) is 4.23. The van der Waals surface area contributed by atoms with Gasteiger partial charge in [0.15, 0.2) is 11.6 Å². The summed E-state index contributed by atoms with van der Waals surface area (Å²) < 4.78 is 46.0. The molecule has 1 aromatic heterocycles. The van der Waals surface area contributed by atoms with Crippen molar-refractivity contribution in [3.05, 3.63) is 35.8 Å². The van der Waals surface area contributed by atoms with Crippen LogP contribution in [-0.4, -0.2) is 38.4 Å². The van der Waals surface area contributed by atoms with Crippen LogP contribution in [0.5, 0.6) is 5.75 Å². The number of aromatic hydroxyl groups is 1. The van der Waals surface area contributed by atoms with Gasteiger partial charge in [0.25, 0.3) is 11.8 Å². The summed E-state index contributed by atoms with van der Waals surface area (Å²) in [5.41, 5.74) is -0.550. The van der Waals surface area contributed by atoms with Gasteiger partial charge in [0.1, 0.15) is 23.7 Å². The van der Waals surface area contributed by atoms with Crippen molar-refractivity contribution in [2.45, 2.75) is 20.3 Å². The molecule has 1 fully saturated rings. The first-order valence-electron chi connectivity index (χ1n) is 8.82. The lowest BCUT2D eigenvalue weighted by molar-refractivity contribution is -0.117. The molecule has 0 radical (unpaired) electrons. The van der Waals surface area contributed by atoms with Crippen molar-refractivity contribution in [2.24, 2.45) is 5.92 Å². The van der Waals surface area contributed by atoms with Gasteiger partial charge in [0, 0.05) is 12.1 Å². The number of rotatable bonds is 6. The van der Waals surface area contributed by atoms with Crippen LogP contribution < -0.4 is 14.3 Å². The maximum absolute atomic E-state index is 14.6. The van der Waals surface area contributed by atoms with E-state index in [1.54, 1.807) is 4.72 Å². The fourth-order valence-electron chi connectivity index (χ4n) is 2.80. The zero-order chi connectivity index (χ0) is 21.3. The number of amides is 2. The summed E-state index contributed by atoms with van der Waals surface area (Å²) in [4.78, 5) is 23.4. The second-order valence-corrected chi connectivity index (χ2v) is 8.56. The summed E-state index contributed by atoms with van der Waals surface area (Å²) in [5, 5.41) is 12.9. The second-order valence-electron chi connectivity index (χ2n) is 6.97. The normalized spacial score (nSPS) is 15.6. The Labute approximate surface area is 166 Å². The molecule has 0 aliphatic carbocycles. The minimum atomic E-state index is -4.28. The van der Waals surface area contributed by atoms with Crippen molar-refractivity contribution in [3.8, 4) is 17.1 Å². The van der Waals surface area contributed by atoms with Crippen LogP contribution in [0.2, 0.25) is 0 Å². The Morgan fingerprint density at radius 3 is 2.69 bits per heavy atom. The number of nitrogens with zero attached hydrogens (tertiary/aromatic N) is 1. The topological polar surface area (TPSA) is 129 Å². The number of carbonyl (C=O) groups is 2. The molecule has 2 heterocycles. The summed E-state index contributed by atoms with van der Waals surface area (Å²) in [6.45, 7) is 3.89. The molecule has 0 spiro atoms. The molecule has 9 nitrogen and oxygen atoms in total. The summed E-state index contributed by atoms with van der Waals surface area (Å²) >= 11 is 0. The molecule has 156 valence electrons. The van der Waals surface area contributed by atoms with Gasteiger partial charge in [-0.15, -0.1) is 0 Å². The Balaban J connectivity index is 1.84. The van der Waals surface area contributed by atoms with Crippen LogP contribution in [0.25, 0.3) is 11.3 Å². The van der Waals surface area contributed by atoms with Crippen LogP contribution in [0, 0.1) is 11.7 Å². The van der Waals surface area contributed by atoms with Gasteiger partial charge in [0.2, 0.25) is 0 Å². The number of benzene rings is 1. The monoisotopic (exact) mass is 425 g/mol.